The van der Waals surface area contributed by atoms with Crippen LogP contribution in [0.25, 0.3) is 0 Å². The highest BCUT2D eigenvalue weighted by atomic mass is 35.5. The Balaban J connectivity index is 2.36. The molecule has 0 amide bonds. The minimum absolute atomic E-state index is 0.0204. The molecule has 1 heterocycles. The molecule has 19 heavy (non-hydrogen) atoms. The van der Waals surface area contributed by atoms with Crippen LogP contribution in [0.3, 0.4) is 0 Å². The van der Waals surface area contributed by atoms with Gasteiger partial charge in [-0.25, -0.2) is 13.4 Å². The lowest BCUT2D eigenvalue weighted by Crippen LogP contribution is -2.13. The first-order chi connectivity index (χ1) is 8.88. The van der Waals surface area contributed by atoms with E-state index in [2.05, 4.69) is 9.71 Å². The van der Waals surface area contributed by atoms with Crippen LogP contribution in [0, 0.1) is 0 Å². The van der Waals surface area contributed by atoms with Crippen molar-refractivity contribution in [1.29, 1.82) is 0 Å². The minimum atomic E-state index is -3.78. The highest BCUT2D eigenvalue weighted by Gasteiger charge is 2.16. The highest BCUT2D eigenvalue weighted by molar-refractivity contribution is 7.92. The van der Waals surface area contributed by atoms with E-state index in [9.17, 15) is 8.42 Å². The lowest BCUT2D eigenvalue weighted by Gasteiger charge is -2.09. The number of rotatable bonds is 3. The minimum Gasteiger partial charge on any atom is -0.278 e. The maximum atomic E-state index is 12.1. The van der Waals surface area contributed by atoms with Crippen LogP contribution in [0.15, 0.2) is 41.4 Å². The van der Waals surface area contributed by atoms with Crippen LogP contribution in [0.1, 0.15) is 0 Å². The standard InChI is InChI=1S/C11H7Cl3N2O2S/c12-7-1-3-9(13)10(5-7)16-19(17,18)8-2-4-11(14)15-6-8/h1-6,16H. The molecular formula is C11H7Cl3N2O2S. The molecule has 0 saturated carbocycles. The second kappa shape index (κ2) is 5.54. The second-order valence-corrected chi connectivity index (χ2v) is 6.46. The van der Waals surface area contributed by atoms with Crippen molar-refractivity contribution in [3.63, 3.8) is 0 Å². The molecule has 100 valence electrons. The monoisotopic (exact) mass is 336 g/mol. The zero-order valence-electron chi connectivity index (χ0n) is 9.27. The van der Waals surface area contributed by atoms with E-state index in [1.165, 1.54) is 24.3 Å². The third-order valence-electron chi connectivity index (χ3n) is 2.18. The molecule has 0 aliphatic carbocycles. The molecular weight excluding hydrogens is 331 g/mol. The first-order valence-electron chi connectivity index (χ1n) is 4.98. The number of pyridine rings is 1. The molecule has 0 radical (unpaired) electrons. The second-order valence-electron chi connectivity index (χ2n) is 3.55. The van der Waals surface area contributed by atoms with Crippen LogP contribution in [0.4, 0.5) is 5.69 Å². The predicted molar refractivity (Wildman–Crippen MR) is 76.5 cm³/mol. The van der Waals surface area contributed by atoms with Crippen molar-refractivity contribution < 1.29 is 8.42 Å². The molecule has 0 aliphatic heterocycles. The third kappa shape index (κ3) is 3.51. The van der Waals surface area contributed by atoms with Crippen molar-refractivity contribution in [2.45, 2.75) is 4.90 Å². The van der Waals surface area contributed by atoms with E-state index in [4.69, 9.17) is 34.8 Å². The van der Waals surface area contributed by atoms with Gasteiger partial charge in [-0.05, 0) is 30.3 Å². The maximum absolute atomic E-state index is 12.1. The van der Waals surface area contributed by atoms with Gasteiger partial charge < -0.3 is 0 Å². The summed E-state index contributed by atoms with van der Waals surface area (Å²) in [6.45, 7) is 0. The van der Waals surface area contributed by atoms with E-state index in [1.54, 1.807) is 6.07 Å². The Labute approximate surface area is 125 Å². The molecule has 0 unspecified atom stereocenters. The average Bonchev–Trinajstić information content (AvgIpc) is 2.34. The van der Waals surface area contributed by atoms with Crippen molar-refractivity contribution >= 4 is 50.5 Å². The number of sulfonamides is 1. The third-order valence-corrected chi connectivity index (χ3v) is 4.32. The number of benzene rings is 1. The highest BCUT2D eigenvalue weighted by Crippen LogP contribution is 2.27. The van der Waals surface area contributed by atoms with Gasteiger partial charge in [0.2, 0.25) is 0 Å². The Morgan fingerprint density at radius 3 is 2.42 bits per heavy atom. The topological polar surface area (TPSA) is 59.1 Å². The van der Waals surface area contributed by atoms with Crippen molar-refractivity contribution in [3.05, 3.63) is 51.7 Å². The average molecular weight is 338 g/mol. The summed E-state index contributed by atoms with van der Waals surface area (Å²) in [6, 6.07) is 7.21. The maximum Gasteiger partial charge on any atom is 0.263 e. The Hall–Kier alpha value is -1.01. The lowest BCUT2D eigenvalue weighted by molar-refractivity contribution is 0.601. The Morgan fingerprint density at radius 1 is 1.05 bits per heavy atom. The van der Waals surface area contributed by atoms with E-state index >= 15 is 0 Å². The number of hydrogen-bond acceptors (Lipinski definition) is 3. The van der Waals surface area contributed by atoms with Crippen LogP contribution in [-0.2, 0) is 10.0 Å². The van der Waals surface area contributed by atoms with Gasteiger partial charge in [-0.3, -0.25) is 4.72 Å². The molecule has 0 saturated heterocycles. The fourth-order valence-electron chi connectivity index (χ4n) is 1.30. The number of nitrogens with one attached hydrogen (secondary N) is 1. The summed E-state index contributed by atoms with van der Waals surface area (Å²) < 4.78 is 26.5. The molecule has 0 bridgehead atoms. The van der Waals surface area contributed by atoms with Crippen molar-refractivity contribution in [2.24, 2.45) is 0 Å². The summed E-state index contributed by atoms with van der Waals surface area (Å²) in [6.07, 6.45) is 1.16. The fraction of sp³-hybridized carbons (Fsp3) is 0. The van der Waals surface area contributed by atoms with E-state index in [0.29, 0.717) is 5.02 Å². The van der Waals surface area contributed by atoms with Crippen LogP contribution in [-0.4, -0.2) is 13.4 Å². The van der Waals surface area contributed by atoms with Crippen molar-refractivity contribution in [1.82, 2.24) is 4.98 Å². The summed E-state index contributed by atoms with van der Waals surface area (Å²) in [7, 11) is -3.78. The van der Waals surface area contributed by atoms with Crippen molar-refractivity contribution in [2.75, 3.05) is 4.72 Å². The summed E-state index contributed by atoms with van der Waals surface area (Å²) in [5.41, 5.74) is 0.198. The molecule has 4 nitrogen and oxygen atoms in total. The van der Waals surface area contributed by atoms with Crippen LogP contribution in [0.2, 0.25) is 15.2 Å². The molecule has 0 aliphatic rings. The van der Waals surface area contributed by atoms with E-state index in [1.807, 2.05) is 0 Å². The first-order valence-corrected chi connectivity index (χ1v) is 7.59. The molecule has 1 aromatic carbocycles. The summed E-state index contributed by atoms with van der Waals surface area (Å²) in [4.78, 5) is 3.69. The normalized spacial score (nSPS) is 11.3. The van der Waals surface area contributed by atoms with Gasteiger partial charge in [0.1, 0.15) is 10.0 Å². The lowest BCUT2D eigenvalue weighted by atomic mass is 10.3. The summed E-state index contributed by atoms with van der Waals surface area (Å²) >= 11 is 17.3. The number of hydrogen-bond donors (Lipinski definition) is 1. The quantitative estimate of drug-likeness (QED) is 0.866. The number of nitrogens with zero attached hydrogens (tertiary/aromatic N) is 1. The Bertz CT molecular complexity index is 702. The summed E-state index contributed by atoms with van der Waals surface area (Å²) in [5.74, 6) is 0. The van der Waals surface area contributed by atoms with Crippen LogP contribution in [0.5, 0.6) is 0 Å². The van der Waals surface area contributed by atoms with Crippen LogP contribution < -0.4 is 4.72 Å². The molecule has 8 heteroatoms. The van der Waals surface area contributed by atoms with E-state index in [-0.39, 0.29) is 20.8 Å². The van der Waals surface area contributed by atoms with E-state index < -0.39 is 10.0 Å². The van der Waals surface area contributed by atoms with E-state index in [0.717, 1.165) is 6.20 Å². The van der Waals surface area contributed by atoms with Gasteiger partial charge in [0.05, 0.1) is 10.7 Å². The molecule has 1 N–H and O–H groups in total. The molecule has 1 aromatic heterocycles. The summed E-state index contributed by atoms with van der Waals surface area (Å²) in [5, 5.41) is 0.825. The fourth-order valence-corrected chi connectivity index (χ4v) is 2.82. The van der Waals surface area contributed by atoms with Gasteiger partial charge in [0.15, 0.2) is 0 Å². The number of anilines is 1. The molecule has 0 fully saturated rings. The molecule has 2 aromatic rings. The van der Waals surface area contributed by atoms with Gasteiger partial charge in [0.25, 0.3) is 10.0 Å². The van der Waals surface area contributed by atoms with Gasteiger partial charge in [-0.2, -0.15) is 0 Å². The van der Waals surface area contributed by atoms with Gasteiger partial charge in [-0.1, -0.05) is 34.8 Å². The van der Waals surface area contributed by atoms with Gasteiger partial charge in [0, 0.05) is 11.2 Å². The number of halogens is 3. The smallest absolute Gasteiger partial charge is 0.263 e. The largest absolute Gasteiger partial charge is 0.278 e. The van der Waals surface area contributed by atoms with Crippen LogP contribution >= 0.6 is 34.8 Å². The van der Waals surface area contributed by atoms with Gasteiger partial charge in [-0.15, -0.1) is 0 Å². The molecule has 0 spiro atoms. The first kappa shape index (κ1) is 14.4. The SMILES string of the molecule is O=S(=O)(Nc1cc(Cl)ccc1Cl)c1ccc(Cl)nc1. The molecule has 0 atom stereocenters. The zero-order valence-corrected chi connectivity index (χ0v) is 12.4. The zero-order chi connectivity index (χ0) is 14.0. The predicted octanol–water partition coefficient (Wildman–Crippen LogP) is 3.84. The van der Waals surface area contributed by atoms with Gasteiger partial charge >= 0.3 is 0 Å². The Kier molecular flexibility index (Phi) is 4.20. The number of aromatic nitrogens is 1. The Morgan fingerprint density at radius 2 is 1.79 bits per heavy atom. The molecule has 2 rings (SSSR count). The van der Waals surface area contributed by atoms with Crippen molar-refractivity contribution in [3.8, 4) is 0 Å².